The molecular weight excluding hydrogens is 399 g/mol. The highest BCUT2D eigenvalue weighted by Crippen LogP contribution is 2.33. The zero-order chi connectivity index (χ0) is 21.5. The molecule has 0 aromatic carbocycles. The molecule has 1 saturated heterocycles. The molecule has 9 heteroatoms. The normalized spacial score (nSPS) is 29.7. The quantitative estimate of drug-likeness (QED) is 0.573. The topological polar surface area (TPSA) is 65.7 Å². The Labute approximate surface area is 174 Å². The van der Waals surface area contributed by atoms with Crippen LogP contribution in [0.1, 0.15) is 49.4 Å². The van der Waals surface area contributed by atoms with E-state index in [1.807, 2.05) is 0 Å². The number of halogens is 3. The number of rotatable bonds is 3. The first-order chi connectivity index (χ1) is 14.2. The second-order valence-electron chi connectivity index (χ2n) is 8.87. The van der Waals surface area contributed by atoms with Crippen molar-refractivity contribution in [2.75, 3.05) is 19.8 Å². The molecule has 3 heterocycles. The largest absolute Gasteiger partial charge is 0.422 e. The number of fused-ring (bicyclic) bond motifs is 1. The Morgan fingerprint density at radius 2 is 2.13 bits per heavy atom. The highest BCUT2D eigenvalue weighted by atomic mass is 19.4. The van der Waals surface area contributed by atoms with Crippen LogP contribution in [-0.4, -0.2) is 47.9 Å². The molecule has 6 nitrogen and oxygen atoms in total. The number of carbonyl (C=O) groups is 1. The highest BCUT2D eigenvalue weighted by molar-refractivity contribution is 5.79. The summed E-state index contributed by atoms with van der Waals surface area (Å²) < 4.78 is 45.3. The van der Waals surface area contributed by atoms with Gasteiger partial charge >= 0.3 is 6.18 Å². The summed E-state index contributed by atoms with van der Waals surface area (Å²) in [4.78, 5) is 14.7. The van der Waals surface area contributed by atoms with E-state index in [0.717, 1.165) is 45.0 Å². The van der Waals surface area contributed by atoms with Crippen molar-refractivity contribution in [1.82, 2.24) is 10.2 Å². The molecule has 3 aliphatic rings. The van der Waals surface area contributed by atoms with Gasteiger partial charge in [0.05, 0.1) is 19.6 Å². The van der Waals surface area contributed by atoms with Crippen molar-refractivity contribution >= 4 is 5.91 Å². The molecule has 0 radical (unpaired) electrons. The van der Waals surface area contributed by atoms with Crippen molar-refractivity contribution in [3.8, 4) is 0 Å². The molecule has 0 bridgehead atoms. The van der Waals surface area contributed by atoms with Gasteiger partial charge in [0.15, 0.2) is 0 Å². The van der Waals surface area contributed by atoms with Crippen molar-refractivity contribution in [3.63, 3.8) is 0 Å². The summed E-state index contributed by atoms with van der Waals surface area (Å²) in [6.07, 6.45) is -0.0570. The van der Waals surface area contributed by atoms with Crippen molar-refractivity contribution in [2.45, 2.75) is 63.8 Å². The first-order valence-corrected chi connectivity index (χ1v) is 10.7. The van der Waals surface area contributed by atoms with Crippen LogP contribution in [0.4, 0.5) is 13.2 Å². The van der Waals surface area contributed by atoms with E-state index in [1.165, 1.54) is 0 Å². The van der Waals surface area contributed by atoms with Crippen LogP contribution in [-0.2, 0) is 28.7 Å². The van der Waals surface area contributed by atoms with Crippen LogP contribution in [0.3, 0.4) is 0 Å². The maximum absolute atomic E-state index is 13.1. The fourth-order valence-corrected chi connectivity index (χ4v) is 4.99. The number of hydrogen-bond donors (Lipinski definition) is 2. The smallest absolute Gasteiger partial charge is 0.381 e. The van der Waals surface area contributed by atoms with E-state index in [2.05, 4.69) is 12.2 Å². The molecule has 0 spiro atoms. The van der Waals surface area contributed by atoms with E-state index in [4.69, 9.17) is 4.74 Å². The summed E-state index contributed by atoms with van der Waals surface area (Å²) in [6.45, 7) is 4.19. The molecule has 166 valence electrons. The Kier molecular flexibility index (Phi) is 5.94. The first-order valence-electron chi connectivity index (χ1n) is 10.7. The lowest BCUT2D eigenvalue weighted by molar-refractivity contribution is -0.910. The third kappa shape index (κ3) is 4.42. The summed E-state index contributed by atoms with van der Waals surface area (Å²) in [5.74, 6) is 0.346. The van der Waals surface area contributed by atoms with Gasteiger partial charge in [0, 0.05) is 41.4 Å². The lowest BCUT2D eigenvalue weighted by atomic mass is 9.96. The Bertz CT molecular complexity index is 802. The predicted octanol–water partition coefficient (Wildman–Crippen LogP) is 2.30. The molecule has 1 aromatic rings. The zero-order valence-electron chi connectivity index (χ0n) is 17.1. The van der Waals surface area contributed by atoms with E-state index in [-0.39, 0.29) is 24.4 Å². The number of nitrogens with one attached hydrogen (secondary N) is 1. The van der Waals surface area contributed by atoms with Crippen molar-refractivity contribution < 1.29 is 32.6 Å². The second kappa shape index (κ2) is 8.34. The van der Waals surface area contributed by atoms with Crippen LogP contribution in [0.2, 0.25) is 0 Å². The Hall–Kier alpha value is -1.87. The SMILES string of the molecule is CC1COCCC1NC1CC[C@H](C(=O)N2CCc3c(cc(C(F)(F)F)c[n+]3O)C2)C1. The van der Waals surface area contributed by atoms with Crippen LogP contribution < -0.4 is 10.0 Å². The van der Waals surface area contributed by atoms with Gasteiger partial charge in [-0.1, -0.05) is 6.92 Å². The molecular formula is C21H29F3N3O3+. The molecule has 2 N–H and O–H groups in total. The van der Waals surface area contributed by atoms with Crippen LogP contribution in [0.25, 0.3) is 0 Å². The van der Waals surface area contributed by atoms with Gasteiger partial charge in [-0.3, -0.25) is 10.0 Å². The molecule has 4 atom stereocenters. The standard InChI is InChI=1S/C21H29F3N3O3/c1-13-12-30-7-5-18(13)25-17-3-2-14(9-17)20(28)26-6-4-19-15(10-26)8-16(11-27(19)29)21(22,23)24/h8,11,13-14,17-18,25,29H,2-7,9-10,12H2,1H3/q+1/t13?,14-,17?,18?/m0/s1. The molecule has 2 aliphatic heterocycles. The first kappa shape index (κ1) is 21.4. The third-order valence-corrected chi connectivity index (χ3v) is 6.73. The summed E-state index contributed by atoms with van der Waals surface area (Å²) in [5, 5.41) is 13.6. The van der Waals surface area contributed by atoms with Crippen LogP contribution in [0.15, 0.2) is 12.3 Å². The van der Waals surface area contributed by atoms with Crippen LogP contribution in [0, 0.1) is 11.8 Å². The molecule has 1 amide bonds. The molecule has 1 aliphatic carbocycles. The Balaban J connectivity index is 1.39. The molecule has 3 unspecified atom stereocenters. The number of hydrogen-bond acceptors (Lipinski definition) is 4. The Morgan fingerprint density at radius 1 is 1.33 bits per heavy atom. The van der Waals surface area contributed by atoms with Gasteiger partial charge in [0.2, 0.25) is 17.8 Å². The fraction of sp³-hybridized carbons (Fsp3) is 0.714. The second-order valence-corrected chi connectivity index (χ2v) is 8.87. The Morgan fingerprint density at radius 3 is 2.87 bits per heavy atom. The van der Waals surface area contributed by atoms with Gasteiger partial charge in [-0.05, 0) is 37.7 Å². The molecule has 2 fully saturated rings. The van der Waals surface area contributed by atoms with Crippen LogP contribution >= 0.6 is 0 Å². The van der Waals surface area contributed by atoms with Gasteiger partial charge in [-0.2, -0.15) is 13.2 Å². The monoisotopic (exact) mass is 428 g/mol. The van der Waals surface area contributed by atoms with Gasteiger partial charge in [0.1, 0.15) is 5.56 Å². The van der Waals surface area contributed by atoms with Crippen molar-refractivity contribution in [2.24, 2.45) is 11.8 Å². The fourth-order valence-electron chi connectivity index (χ4n) is 4.99. The minimum absolute atomic E-state index is 0.00637. The minimum atomic E-state index is -4.54. The van der Waals surface area contributed by atoms with Crippen molar-refractivity contribution in [3.05, 3.63) is 29.1 Å². The number of nitrogens with zero attached hydrogens (tertiary/aromatic N) is 2. The highest BCUT2D eigenvalue weighted by Gasteiger charge is 2.40. The minimum Gasteiger partial charge on any atom is -0.381 e. The number of pyridine rings is 1. The maximum atomic E-state index is 13.1. The van der Waals surface area contributed by atoms with E-state index >= 15 is 0 Å². The van der Waals surface area contributed by atoms with Crippen molar-refractivity contribution in [1.29, 1.82) is 0 Å². The summed E-state index contributed by atoms with van der Waals surface area (Å²) in [7, 11) is 0. The van der Waals surface area contributed by atoms with E-state index < -0.39 is 11.7 Å². The van der Waals surface area contributed by atoms with Crippen LogP contribution in [0.5, 0.6) is 0 Å². The average molecular weight is 428 g/mol. The average Bonchev–Trinajstić information content (AvgIpc) is 3.16. The maximum Gasteiger partial charge on any atom is 0.422 e. The molecule has 1 saturated carbocycles. The number of ether oxygens (including phenoxy) is 1. The predicted molar refractivity (Wildman–Crippen MR) is 101 cm³/mol. The number of carbonyl (C=O) groups excluding carboxylic acids is 1. The number of amides is 1. The van der Waals surface area contributed by atoms with Gasteiger partial charge in [0.25, 0.3) is 0 Å². The zero-order valence-corrected chi connectivity index (χ0v) is 17.1. The lowest BCUT2D eigenvalue weighted by Crippen LogP contribution is -2.47. The number of aromatic nitrogens is 1. The number of alkyl halides is 3. The van der Waals surface area contributed by atoms with Gasteiger partial charge in [-0.15, -0.1) is 0 Å². The van der Waals surface area contributed by atoms with E-state index in [9.17, 15) is 23.2 Å². The molecule has 1 aromatic heterocycles. The summed E-state index contributed by atoms with van der Waals surface area (Å²) in [6, 6.07) is 1.74. The molecule has 30 heavy (non-hydrogen) atoms. The third-order valence-electron chi connectivity index (χ3n) is 6.73. The lowest BCUT2D eigenvalue weighted by Gasteiger charge is -2.32. The van der Waals surface area contributed by atoms with E-state index in [1.54, 1.807) is 4.90 Å². The van der Waals surface area contributed by atoms with Gasteiger partial charge < -0.3 is 15.0 Å². The molecule has 4 rings (SSSR count). The van der Waals surface area contributed by atoms with E-state index in [0.29, 0.717) is 47.1 Å². The van der Waals surface area contributed by atoms with Gasteiger partial charge in [-0.25, -0.2) is 0 Å². The summed E-state index contributed by atoms with van der Waals surface area (Å²) in [5.41, 5.74) is -0.115. The summed E-state index contributed by atoms with van der Waals surface area (Å²) >= 11 is 0.